The number of rotatable bonds is 4. The van der Waals surface area contributed by atoms with Crippen LogP contribution in [-0.4, -0.2) is 36.1 Å². The molecule has 2 aromatic rings. The maximum Gasteiger partial charge on any atom is 0.294 e. The normalized spacial score (nSPS) is 18.6. The molecule has 1 unspecified atom stereocenters. The van der Waals surface area contributed by atoms with Crippen molar-refractivity contribution in [1.82, 2.24) is 10.3 Å². The fourth-order valence-electron chi connectivity index (χ4n) is 3.04. The molecule has 0 aliphatic carbocycles. The first-order chi connectivity index (χ1) is 10.1. The zero-order valence-corrected chi connectivity index (χ0v) is 12.9. The summed E-state index contributed by atoms with van der Waals surface area (Å²) in [5.41, 5.74) is 1.75. The number of anilines is 1. The van der Waals surface area contributed by atoms with E-state index in [0.29, 0.717) is 11.7 Å². The minimum absolute atomic E-state index is 0.189. The van der Waals surface area contributed by atoms with E-state index in [-0.39, 0.29) is 10.6 Å². The van der Waals surface area contributed by atoms with Crippen molar-refractivity contribution in [1.29, 1.82) is 0 Å². The fraction of sp³-hybridized carbons (Fsp3) is 0.500. The van der Waals surface area contributed by atoms with Crippen LogP contribution in [0.1, 0.15) is 17.8 Å². The number of nitrogens with one attached hydrogen (secondary N) is 1. The number of nitrogens with zero attached hydrogens (tertiary/aromatic N) is 3. The van der Waals surface area contributed by atoms with Crippen molar-refractivity contribution < 1.29 is 4.92 Å². The highest BCUT2D eigenvalue weighted by Crippen LogP contribution is 2.38. The summed E-state index contributed by atoms with van der Waals surface area (Å²) >= 11 is 1.50. The molecule has 3 rings (SSSR count). The number of aromatic nitrogens is 1. The lowest BCUT2D eigenvalue weighted by molar-refractivity contribution is -0.384. The molecule has 0 bridgehead atoms. The third-order valence-electron chi connectivity index (χ3n) is 3.91. The van der Waals surface area contributed by atoms with Crippen LogP contribution in [0.15, 0.2) is 12.1 Å². The first-order valence-electron chi connectivity index (χ1n) is 7.07. The van der Waals surface area contributed by atoms with Crippen LogP contribution < -0.4 is 10.2 Å². The van der Waals surface area contributed by atoms with Crippen molar-refractivity contribution in [3.05, 3.63) is 27.3 Å². The van der Waals surface area contributed by atoms with Gasteiger partial charge < -0.3 is 10.2 Å². The van der Waals surface area contributed by atoms with Crippen LogP contribution in [0.2, 0.25) is 0 Å². The number of likely N-dealkylation sites (N-methyl/N-ethyl adjacent to an activating group) is 1. The number of nitro groups is 1. The second-order valence-electron chi connectivity index (χ2n) is 5.35. The second kappa shape index (κ2) is 5.57. The number of fused-ring (bicyclic) bond motifs is 1. The molecule has 0 saturated carbocycles. The summed E-state index contributed by atoms with van der Waals surface area (Å²) < 4.78 is 0.882. The van der Waals surface area contributed by atoms with Crippen LogP contribution in [0.3, 0.4) is 0 Å². The quantitative estimate of drug-likeness (QED) is 0.694. The molecule has 0 radical (unpaired) electrons. The summed E-state index contributed by atoms with van der Waals surface area (Å²) in [6.07, 6.45) is 2.13. The highest BCUT2D eigenvalue weighted by Gasteiger charge is 2.30. The Hall–Kier alpha value is -1.73. The van der Waals surface area contributed by atoms with E-state index in [1.54, 1.807) is 6.07 Å². The summed E-state index contributed by atoms with van der Waals surface area (Å²) in [6.45, 7) is 3.63. The molecule has 1 N–H and O–H groups in total. The Morgan fingerprint density at radius 1 is 1.57 bits per heavy atom. The second-order valence-corrected chi connectivity index (χ2v) is 6.58. The lowest BCUT2D eigenvalue weighted by atomic mass is 10.2. The van der Waals surface area contributed by atoms with Gasteiger partial charge >= 0.3 is 0 Å². The van der Waals surface area contributed by atoms with Gasteiger partial charge in [-0.25, -0.2) is 4.98 Å². The summed E-state index contributed by atoms with van der Waals surface area (Å²) in [5.74, 6) is 0. The average Bonchev–Trinajstić information content (AvgIpc) is 3.02. The molecule has 7 heteroatoms. The Bertz CT molecular complexity index is 685. The number of aryl methyl sites for hydroxylation is 1. The van der Waals surface area contributed by atoms with Crippen molar-refractivity contribution in [2.75, 3.05) is 25.0 Å². The lowest BCUT2D eigenvalue weighted by Gasteiger charge is -2.26. The molecule has 1 aromatic carbocycles. The predicted molar refractivity (Wildman–Crippen MR) is 85.3 cm³/mol. The molecular formula is C14H18N4O2S. The largest absolute Gasteiger partial charge is 0.362 e. The Kier molecular flexibility index (Phi) is 3.77. The molecule has 21 heavy (non-hydrogen) atoms. The third kappa shape index (κ3) is 2.58. The molecule has 1 aliphatic heterocycles. The minimum Gasteiger partial charge on any atom is -0.362 e. The van der Waals surface area contributed by atoms with Crippen molar-refractivity contribution in [2.45, 2.75) is 25.8 Å². The van der Waals surface area contributed by atoms with Gasteiger partial charge in [0.25, 0.3) is 5.69 Å². The highest BCUT2D eigenvalue weighted by atomic mass is 32.1. The van der Waals surface area contributed by atoms with Crippen LogP contribution in [0.4, 0.5) is 11.4 Å². The van der Waals surface area contributed by atoms with E-state index in [1.165, 1.54) is 11.3 Å². The lowest BCUT2D eigenvalue weighted by Crippen LogP contribution is -2.37. The molecule has 1 aromatic heterocycles. The van der Waals surface area contributed by atoms with Gasteiger partial charge in [0.1, 0.15) is 5.69 Å². The Balaban J connectivity index is 2.10. The van der Waals surface area contributed by atoms with Crippen molar-refractivity contribution in [2.24, 2.45) is 0 Å². The van der Waals surface area contributed by atoms with E-state index in [2.05, 4.69) is 15.2 Å². The van der Waals surface area contributed by atoms with Crippen molar-refractivity contribution in [3.63, 3.8) is 0 Å². The number of thiazole rings is 1. The maximum atomic E-state index is 11.4. The molecular weight excluding hydrogens is 288 g/mol. The summed E-state index contributed by atoms with van der Waals surface area (Å²) in [6, 6.07) is 3.86. The molecule has 2 heterocycles. The molecule has 6 nitrogen and oxygen atoms in total. The molecule has 1 atom stereocenters. The van der Waals surface area contributed by atoms with E-state index in [0.717, 1.165) is 41.2 Å². The van der Waals surface area contributed by atoms with Gasteiger partial charge in [0, 0.05) is 25.2 Å². The van der Waals surface area contributed by atoms with Gasteiger partial charge in [-0.3, -0.25) is 10.1 Å². The third-order valence-corrected chi connectivity index (χ3v) is 4.85. The molecule has 1 aliphatic rings. The Morgan fingerprint density at radius 2 is 2.38 bits per heavy atom. The smallest absolute Gasteiger partial charge is 0.294 e. The van der Waals surface area contributed by atoms with Gasteiger partial charge in [-0.05, 0) is 32.9 Å². The standard InChI is InChI=1S/C14H18N4O2S/c1-9-16-11-6-12(13(18(19)20)7-14(11)21-9)17-5-3-4-10(17)8-15-2/h6-7,10,15H,3-5,8H2,1-2H3. The summed E-state index contributed by atoms with van der Waals surface area (Å²) in [5, 5.41) is 15.6. The van der Waals surface area contributed by atoms with E-state index < -0.39 is 0 Å². The fourth-order valence-corrected chi connectivity index (χ4v) is 3.89. The summed E-state index contributed by atoms with van der Waals surface area (Å²) in [7, 11) is 1.91. The molecule has 0 amide bonds. The zero-order valence-electron chi connectivity index (χ0n) is 12.1. The highest BCUT2D eigenvalue weighted by molar-refractivity contribution is 7.18. The van der Waals surface area contributed by atoms with E-state index in [1.807, 2.05) is 20.0 Å². The number of nitro benzene ring substituents is 1. The molecule has 1 saturated heterocycles. The first kappa shape index (κ1) is 14.2. The van der Waals surface area contributed by atoms with Gasteiger partial charge in [0.2, 0.25) is 0 Å². The van der Waals surface area contributed by atoms with Gasteiger partial charge in [-0.1, -0.05) is 0 Å². The molecule has 1 fully saturated rings. The zero-order chi connectivity index (χ0) is 15.0. The first-order valence-corrected chi connectivity index (χ1v) is 7.88. The SMILES string of the molecule is CNCC1CCCN1c1cc2nc(C)sc2cc1[N+](=O)[O-]. The Labute approximate surface area is 126 Å². The van der Waals surface area contributed by atoms with Gasteiger partial charge in [0.05, 0.1) is 20.1 Å². The Morgan fingerprint density at radius 3 is 3.10 bits per heavy atom. The van der Waals surface area contributed by atoms with Crippen molar-refractivity contribution >= 4 is 32.9 Å². The van der Waals surface area contributed by atoms with Crippen LogP contribution >= 0.6 is 11.3 Å². The number of benzene rings is 1. The van der Waals surface area contributed by atoms with Gasteiger partial charge in [-0.15, -0.1) is 11.3 Å². The average molecular weight is 306 g/mol. The predicted octanol–water partition coefficient (Wildman–Crippen LogP) is 2.70. The van der Waals surface area contributed by atoms with E-state index >= 15 is 0 Å². The minimum atomic E-state index is -0.279. The van der Waals surface area contributed by atoms with Crippen LogP contribution in [0.5, 0.6) is 0 Å². The molecule has 112 valence electrons. The van der Waals surface area contributed by atoms with E-state index in [9.17, 15) is 10.1 Å². The van der Waals surface area contributed by atoms with Crippen LogP contribution in [0, 0.1) is 17.0 Å². The van der Waals surface area contributed by atoms with E-state index in [4.69, 9.17) is 0 Å². The van der Waals surface area contributed by atoms with Crippen LogP contribution in [0.25, 0.3) is 10.2 Å². The van der Waals surface area contributed by atoms with Gasteiger partial charge in [0.15, 0.2) is 0 Å². The summed E-state index contributed by atoms with van der Waals surface area (Å²) in [4.78, 5) is 17.8. The van der Waals surface area contributed by atoms with Crippen molar-refractivity contribution in [3.8, 4) is 0 Å². The topological polar surface area (TPSA) is 71.3 Å². The number of hydrogen-bond donors (Lipinski definition) is 1. The van der Waals surface area contributed by atoms with Gasteiger partial charge in [-0.2, -0.15) is 0 Å². The number of hydrogen-bond acceptors (Lipinski definition) is 6. The molecule has 0 spiro atoms. The van der Waals surface area contributed by atoms with Crippen LogP contribution in [-0.2, 0) is 0 Å². The maximum absolute atomic E-state index is 11.4. The monoisotopic (exact) mass is 306 g/mol.